The minimum Gasteiger partial charge on any atom is -0.293 e. The van der Waals surface area contributed by atoms with E-state index in [0.717, 1.165) is 5.69 Å². The van der Waals surface area contributed by atoms with Crippen molar-refractivity contribution in [3.05, 3.63) is 70.7 Å². The number of anilines is 1. The van der Waals surface area contributed by atoms with Crippen LogP contribution in [0.3, 0.4) is 0 Å². The van der Waals surface area contributed by atoms with Crippen molar-refractivity contribution in [3.63, 3.8) is 0 Å². The maximum atomic E-state index is 12.5. The third-order valence-electron chi connectivity index (χ3n) is 3.44. The third-order valence-corrected chi connectivity index (χ3v) is 3.44. The third kappa shape index (κ3) is 3.06. The Bertz CT molecular complexity index is 870. The number of nitrogens with zero attached hydrogens (tertiary/aromatic N) is 2. The molecule has 0 bridgehead atoms. The minimum absolute atomic E-state index is 0.192. The largest absolute Gasteiger partial charge is 0.296 e. The molecule has 0 radical (unpaired) electrons. The molecule has 0 spiro atoms. The van der Waals surface area contributed by atoms with Gasteiger partial charge in [0.1, 0.15) is 11.4 Å². The molecule has 0 aliphatic heterocycles. The topological polar surface area (TPSA) is 79.2 Å². The summed E-state index contributed by atoms with van der Waals surface area (Å²) in [5, 5.41) is 7.06. The second kappa shape index (κ2) is 6.31. The van der Waals surface area contributed by atoms with E-state index in [0.29, 0.717) is 17.8 Å². The van der Waals surface area contributed by atoms with Crippen LogP contribution in [0.5, 0.6) is 0 Å². The van der Waals surface area contributed by atoms with Gasteiger partial charge < -0.3 is 0 Å². The number of aryl methyl sites for hydroxylation is 1. The number of carbonyl (C=O) groups excluding carboxylic acids is 1. The molecule has 1 aromatic carbocycles. The Balaban J connectivity index is 1.93. The lowest BCUT2D eigenvalue weighted by atomic mass is 10.2. The molecule has 1 aliphatic rings. The maximum absolute atomic E-state index is 12.5. The predicted molar refractivity (Wildman–Crippen MR) is 90.1 cm³/mol. The fourth-order valence-corrected chi connectivity index (χ4v) is 2.25. The summed E-state index contributed by atoms with van der Waals surface area (Å²) in [6, 6.07) is 9.25. The molecular formula is C17H16N4O2. The standard InChI is InChI=1S/C17H16N4O2/c1-12-16(19-18-14-10-6-3-7-11-15(14)22)17(23)21(20-12)13-8-4-2-5-9-13/h2,4-11,19-20H,3H2,1H3. The van der Waals surface area contributed by atoms with E-state index in [1.54, 1.807) is 19.1 Å². The molecule has 2 N–H and O–H groups in total. The number of nitrogens with one attached hydrogen (secondary N) is 2. The summed E-state index contributed by atoms with van der Waals surface area (Å²) in [5.41, 5.74) is 4.42. The first-order valence-electron chi connectivity index (χ1n) is 7.25. The van der Waals surface area contributed by atoms with E-state index < -0.39 is 0 Å². The monoisotopic (exact) mass is 308 g/mol. The Hall–Kier alpha value is -3.15. The van der Waals surface area contributed by atoms with Crippen molar-refractivity contribution >= 4 is 17.2 Å². The summed E-state index contributed by atoms with van der Waals surface area (Å²) in [4.78, 5) is 24.3. The first kappa shape index (κ1) is 14.8. The molecule has 0 amide bonds. The zero-order chi connectivity index (χ0) is 16.2. The van der Waals surface area contributed by atoms with Crippen LogP contribution in [-0.2, 0) is 4.79 Å². The summed E-state index contributed by atoms with van der Waals surface area (Å²) < 4.78 is 1.43. The Morgan fingerprint density at radius 3 is 2.65 bits per heavy atom. The molecule has 1 aromatic heterocycles. The fraction of sp³-hybridized carbons (Fsp3) is 0.118. The van der Waals surface area contributed by atoms with Crippen molar-refractivity contribution in [2.45, 2.75) is 13.3 Å². The van der Waals surface area contributed by atoms with Crippen LogP contribution in [0, 0.1) is 6.92 Å². The van der Waals surface area contributed by atoms with Gasteiger partial charge in [0, 0.05) is 0 Å². The number of hydrogen-bond donors (Lipinski definition) is 2. The number of H-pyrrole nitrogens is 1. The van der Waals surface area contributed by atoms with E-state index in [9.17, 15) is 9.59 Å². The average Bonchev–Trinajstić information content (AvgIpc) is 2.72. The number of ketones is 1. The summed E-state index contributed by atoms with van der Waals surface area (Å²) in [5.74, 6) is -0.192. The first-order chi connectivity index (χ1) is 11.2. The lowest BCUT2D eigenvalue weighted by molar-refractivity contribution is -0.108. The summed E-state index contributed by atoms with van der Waals surface area (Å²) in [7, 11) is 0. The van der Waals surface area contributed by atoms with Gasteiger partial charge in [0.2, 0.25) is 5.78 Å². The number of carbonyl (C=O) groups is 1. The fourth-order valence-electron chi connectivity index (χ4n) is 2.25. The van der Waals surface area contributed by atoms with Crippen molar-refractivity contribution in [2.75, 3.05) is 5.43 Å². The molecule has 23 heavy (non-hydrogen) atoms. The zero-order valence-corrected chi connectivity index (χ0v) is 12.6. The Kier molecular flexibility index (Phi) is 4.05. The summed E-state index contributed by atoms with van der Waals surface area (Å²) in [6.07, 6.45) is 7.42. The molecule has 6 heteroatoms. The molecule has 116 valence electrons. The van der Waals surface area contributed by atoms with Crippen molar-refractivity contribution in [1.82, 2.24) is 9.78 Å². The van der Waals surface area contributed by atoms with Crippen molar-refractivity contribution in [1.29, 1.82) is 0 Å². The molecular weight excluding hydrogens is 292 g/mol. The number of hydrazone groups is 1. The molecule has 0 fully saturated rings. The van der Waals surface area contributed by atoms with Gasteiger partial charge in [0.05, 0.1) is 11.4 Å². The highest BCUT2D eigenvalue weighted by Crippen LogP contribution is 2.11. The van der Waals surface area contributed by atoms with Crippen molar-refractivity contribution in [2.24, 2.45) is 5.10 Å². The number of rotatable bonds is 3. The average molecular weight is 308 g/mol. The molecule has 0 atom stereocenters. The van der Waals surface area contributed by atoms with E-state index in [1.807, 2.05) is 36.4 Å². The van der Waals surface area contributed by atoms with Crippen molar-refractivity contribution in [3.8, 4) is 5.69 Å². The Morgan fingerprint density at radius 1 is 1.13 bits per heavy atom. The van der Waals surface area contributed by atoms with E-state index in [-0.39, 0.29) is 17.1 Å². The van der Waals surface area contributed by atoms with Crippen LogP contribution in [0.4, 0.5) is 5.69 Å². The van der Waals surface area contributed by atoms with Crippen LogP contribution in [-0.4, -0.2) is 21.3 Å². The van der Waals surface area contributed by atoms with Crippen LogP contribution in [0.2, 0.25) is 0 Å². The van der Waals surface area contributed by atoms with Crippen molar-refractivity contribution < 1.29 is 4.79 Å². The Labute approximate surface area is 132 Å². The normalized spacial score (nSPS) is 15.9. The van der Waals surface area contributed by atoms with Crippen LogP contribution in [0.1, 0.15) is 12.1 Å². The summed E-state index contributed by atoms with van der Waals surface area (Å²) >= 11 is 0. The molecule has 1 heterocycles. The highest BCUT2D eigenvalue weighted by molar-refractivity contribution is 6.48. The SMILES string of the molecule is Cc1[nH]n(-c2ccccc2)c(=O)c1NN=C1C=CCC=CC1=O. The van der Waals surface area contributed by atoms with Gasteiger partial charge in [-0.3, -0.25) is 20.1 Å². The predicted octanol–water partition coefficient (Wildman–Crippen LogP) is 2.33. The maximum Gasteiger partial charge on any atom is 0.296 e. The highest BCUT2D eigenvalue weighted by atomic mass is 16.1. The van der Waals surface area contributed by atoms with Crippen LogP contribution in [0.15, 0.2) is 64.5 Å². The van der Waals surface area contributed by atoms with E-state index in [1.165, 1.54) is 10.8 Å². The number of hydrogen-bond acceptors (Lipinski definition) is 4. The van der Waals surface area contributed by atoms with Gasteiger partial charge in [-0.1, -0.05) is 30.4 Å². The lowest BCUT2D eigenvalue weighted by Crippen LogP contribution is -2.17. The molecule has 0 saturated heterocycles. The summed E-state index contributed by atoms with van der Waals surface area (Å²) in [6.45, 7) is 1.77. The quantitative estimate of drug-likeness (QED) is 0.854. The Morgan fingerprint density at radius 2 is 1.87 bits per heavy atom. The molecule has 6 nitrogen and oxygen atoms in total. The van der Waals surface area contributed by atoms with Gasteiger partial charge in [0.15, 0.2) is 0 Å². The van der Waals surface area contributed by atoms with E-state index in [4.69, 9.17) is 0 Å². The second-order valence-corrected chi connectivity index (χ2v) is 5.10. The molecule has 2 aromatic rings. The number of aromatic nitrogens is 2. The van der Waals surface area contributed by atoms with Crippen LogP contribution >= 0.6 is 0 Å². The van der Waals surface area contributed by atoms with Gasteiger partial charge in [0.25, 0.3) is 5.56 Å². The number of para-hydroxylation sites is 1. The molecule has 0 unspecified atom stereocenters. The lowest BCUT2D eigenvalue weighted by Gasteiger charge is -1.99. The molecule has 1 aliphatic carbocycles. The number of allylic oxidation sites excluding steroid dienone is 4. The number of aromatic amines is 1. The zero-order valence-electron chi connectivity index (χ0n) is 12.6. The first-order valence-corrected chi connectivity index (χ1v) is 7.25. The van der Waals surface area contributed by atoms with E-state index >= 15 is 0 Å². The smallest absolute Gasteiger partial charge is 0.293 e. The van der Waals surface area contributed by atoms with Gasteiger partial charge in [-0.25, -0.2) is 4.68 Å². The van der Waals surface area contributed by atoms with Gasteiger partial charge in [-0.15, -0.1) is 0 Å². The van der Waals surface area contributed by atoms with E-state index in [2.05, 4.69) is 15.6 Å². The van der Waals surface area contributed by atoms with Gasteiger partial charge >= 0.3 is 0 Å². The minimum atomic E-state index is -0.251. The van der Waals surface area contributed by atoms with Crippen LogP contribution < -0.4 is 11.0 Å². The molecule has 3 rings (SSSR count). The number of benzene rings is 1. The highest BCUT2D eigenvalue weighted by Gasteiger charge is 2.13. The van der Waals surface area contributed by atoms with Crippen LogP contribution in [0.25, 0.3) is 5.69 Å². The van der Waals surface area contributed by atoms with Gasteiger partial charge in [-0.2, -0.15) is 5.10 Å². The van der Waals surface area contributed by atoms with Gasteiger partial charge in [-0.05, 0) is 37.6 Å². The molecule has 0 saturated carbocycles. The second-order valence-electron chi connectivity index (χ2n) is 5.10.